The molecule has 0 atom stereocenters. The van der Waals surface area contributed by atoms with E-state index >= 15 is 0 Å². The molecular weight excluding hydrogens is 351 g/mol. The topological polar surface area (TPSA) is 77.2 Å². The van der Waals surface area contributed by atoms with Gasteiger partial charge in [-0.15, -0.1) is 10.2 Å². The summed E-state index contributed by atoms with van der Waals surface area (Å²) in [6.45, 7) is -0.424. The molecule has 3 aromatic rings. The number of amides is 1. The second kappa shape index (κ2) is 7.26. The molecule has 134 valence electrons. The van der Waals surface area contributed by atoms with Crippen LogP contribution in [0, 0.1) is 0 Å². The van der Waals surface area contributed by atoms with Crippen LogP contribution in [0.4, 0.5) is 18.9 Å². The molecule has 6 nitrogen and oxygen atoms in total. The van der Waals surface area contributed by atoms with Crippen molar-refractivity contribution in [2.75, 3.05) is 11.9 Å². The van der Waals surface area contributed by atoms with Crippen LogP contribution in [0.5, 0.6) is 5.75 Å². The maximum absolute atomic E-state index is 12.6. The van der Waals surface area contributed by atoms with Crippen LogP contribution < -0.4 is 10.1 Å². The molecule has 1 heterocycles. The van der Waals surface area contributed by atoms with Crippen LogP contribution in [0.1, 0.15) is 5.56 Å². The van der Waals surface area contributed by atoms with Crippen molar-refractivity contribution in [1.29, 1.82) is 0 Å². The average molecular weight is 363 g/mol. The maximum Gasteiger partial charge on any atom is 0.416 e. The summed E-state index contributed by atoms with van der Waals surface area (Å²) in [4.78, 5) is 11.9. The Hall–Kier alpha value is -3.36. The third kappa shape index (κ3) is 4.38. The van der Waals surface area contributed by atoms with Gasteiger partial charge in [0.25, 0.3) is 5.91 Å². The van der Waals surface area contributed by atoms with Gasteiger partial charge in [-0.1, -0.05) is 6.07 Å². The Morgan fingerprint density at radius 1 is 1.15 bits per heavy atom. The molecule has 0 spiro atoms. The molecule has 0 bridgehead atoms. The van der Waals surface area contributed by atoms with Gasteiger partial charge in [0.15, 0.2) is 6.61 Å². The van der Waals surface area contributed by atoms with Crippen molar-refractivity contribution >= 4 is 11.6 Å². The predicted octanol–water partition coefficient (Wildman–Crippen LogP) is 3.77. The van der Waals surface area contributed by atoms with E-state index in [2.05, 4.69) is 15.5 Å². The van der Waals surface area contributed by atoms with Crippen molar-refractivity contribution < 1.29 is 27.1 Å². The van der Waals surface area contributed by atoms with Crippen LogP contribution in [0.3, 0.4) is 0 Å². The van der Waals surface area contributed by atoms with Crippen molar-refractivity contribution in [2.24, 2.45) is 0 Å². The van der Waals surface area contributed by atoms with Crippen molar-refractivity contribution in [2.45, 2.75) is 6.18 Å². The molecule has 3 rings (SSSR count). The van der Waals surface area contributed by atoms with E-state index < -0.39 is 24.3 Å². The molecule has 1 aromatic heterocycles. The van der Waals surface area contributed by atoms with E-state index in [0.29, 0.717) is 17.1 Å². The summed E-state index contributed by atoms with van der Waals surface area (Å²) in [5.41, 5.74) is 0.332. The number of carbonyl (C=O) groups excluding carboxylic acids is 1. The van der Waals surface area contributed by atoms with Crippen LogP contribution in [-0.2, 0) is 11.0 Å². The average Bonchev–Trinajstić information content (AvgIpc) is 3.15. The minimum atomic E-state index is -4.47. The summed E-state index contributed by atoms with van der Waals surface area (Å²) in [5.74, 6) is -0.203. The van der Waals surface area contributed by atoms with Gasteiger partial charge in [0.2, 0.25) is 12.3 Å². The molecule has 0 saturated heterocycles. The molecule has 1 N–H and O–H groups in total. The first kappa shape index (κ1) is 17.5. The van der Waals surface area contributed by atoms with Gasteiger partial charge in [0.05, 0.1) is 5.56 Å². The lowest BCUT2D eigenvalue weighted by molar-refractivity contribution is -0.137. The minimum absolute atomic E-state index is 0.0401. The third-order valence-electron chi connectivity index (χ3n) is 3.31. The molecule has 9 heteroatoms. The third-order valence-corrected chi connectivity index (χ3v) is 3.31. The molecule has 0 saturated carbocycles. The molecule has 0 aliphatic carbocycles. The fraction of sp³-hybridized carbons (Fsp3) is 0.118. The van der Waals surface area contributed by atoms with Gasteiger partial charge < -0.3 is 14.5 Å². The van der Waals surface area contributed by atoms with Crippen LogP contribution in [0.15, 0.2) is 59.3 Å². The normalized spacial score (nSPS) is 11.2. The standard InChI is InChI=1S/C17H12F3N3O3/c18-17(19,20)12-2-1-3-14(8-12)25-9-15(24)22-13-6-4-11(5-7-13)16-23-21-10-26-16/h1-8,10H,9H2,(H,22,24). The van der Waals surface area contributed by atoms with Crippen molar-refractivity contribution in [1.82, 2.24) is 10.2 Å². The summed E-state index contributed by atoms with van der Waals surface area (Å²) >= 11 is 0. The first-order valence-corrected chi connectivity index (χ1v) is 7.38. The Kier molecular flexibility index (Phi) is 4.87. The number of hydrogen-bond donors (Lipinski definition) is 1. The van der Waals surface area contributed by atoms with Gasteiger partial charge in [-0.05, 0) is 42.5 Å². The fourth-order valence-electron chi connectivity index (χ4n) is 2.10. The number of nitrogens with one attached hydrogen (secondary N) is 1. The summed E-state index contributed by atoms with van der Waals surface area (Å²) in [7, 11) is 0. The maximum atomic E-state index is 12.6. The summed E-state index contributed by atoms with van der Waals surface area (Å²) in [6.07, 6.45) is -3.27. The lowest BCUT2D eigenvalue weighted by atomic mass is 10.2. The lowest BCUT2D eigenvalue weighted by Gasteiger charge is -2.10. The number of alkyl halides is 3. The summed E-state index contributed by atoms with van der Waals surface area (Å²) in [6, 6.07) is 10.9. The molecule has 0 radical (unpaired) electrons. The Labute approximate surface area is 145 Å². The molecule has 2 aromatic carbocycles. The quantitative estimate of drug-likeness (QED) is 0.747. The van der Waals surface area contributed by atoms with E-state index in [1.165, 1.54) is 18.5 Å². The number of benzene rings is 2. The van der Waals surface area contributed by atoms with Crippen molar-refractivity contribution in [3.63, 3.8) is 0 Å². The van der Waals surface area contributed by atoms with Gasteiger partial charge in [0.1, 0.15) is 5.75 Å². The number of halogens is 3. The van der Waals surface area contributed by atoms with E-state index in [1.54, 1.807) is 24.3 Å². The number of rotatable bonds is 5. The van der Waals surface area contributed by atoms with Crippen molar-refractivity contribution in [3.05, 3.63) is 60.5 Å². The van der Waals surface area contributed by atoms with Crippen molar-refractivity contribution in [3.8, 4) is 17.2 Å². The van der Waals surface area contributed by atoms with E-state index in [0.717, 1.165) is 12.1 Å². The minimum Gasteiger partial charge on any atom is -0.484 e. The highest BCUT2D eigenvalue weighted by Crippen LogP contribution is 2.31. The van der Waals surface area contributed by atoms with E-state index in [1.807, 2.05) is 0 Å². The molecule has 26 heavy (non-hydrogen) atoms. The number of aromatic nitrogens is 2. The second-order valence-corrected chi connectivity index (χ2v) is 5.18. The Morgan fingerprint density at radius 2 is 1.92 bits per heavy atom. The molecule has 0 unspecified atom stereocenters. The first-order valence-electron chi connectivity index (χ1n) is 7.38. The number of anilines is 1. The zero-order valence-corrected chi connectivity index (χ0v) is 13.2. The Balaban J connectivity index is 1.56. The fourth-order valence-corrected chi connectivity index (χ4v) is 2.10. The molecule has 0 aliphatic rings. The Bertz CT molecular complexity index is 878. The first-order chi connectivity index (χ1) is 12.4. The predicted molar refractivity (Wildman–Crippen MR) is 85.3 cm³/mol. The Morgan fingerprint density at radius 3 is 2.58 bits per heavy atom. The monoisotopic (exact) mass is 363 g/mol. The highest BCUT2D eigenvalue weighted by atomic mass is 19.4. The smallest absolute Gasteiger partial charge is 0.416 e. The molecule has 0 fully saturated rings. The zero-order chi connectivity index (χ0) is 18.6. The summed E-state index contributed by atoms with van der Waals surface area (Å²) < 4.78 is 48.1. The van der Waals surface area contributed by atoms with Gasteiger partial charge in [-0.2, -0.15) is 13.2 Å². The van der Waals surface area contributed by atoms with E-state index in [-0.39, 0.29) is 5.75 Å². The van der Waals surface area contributed by atoms with Gasteiger partial charge in [0, 0.05) is 11.3 Å². The molecular formula is C17H12F3N3O3. The highest BCUT2D eigenvalue weighted by molar-refractivity contribution is 5.92. The van der Waals surface area contributed by atoms with E-state index in [4.69, 9.17) is 9.15 Å². The van der Waals surface area contributed by atoms with Crippen LogP contribution in [0.2, 0.25) is 0 Å². The van der Waals surface area contributed by atoms with Gasteiger partial charge >= 0.3 is 6.18 Å². The van der Waals surface area contributed by atoms with Gasteiger partial charge in [-0.3, -0.25) is 4.79 Å². The molecule has 1 amide bonds. The van der Waals surface area contributed by atoms with E-state index in [9.17, 15) is 18.0 Å². The van der Waals surface area contributed by atoms with Crippen LogP contribution in [-0.4, -0.2) is 22.7 Å². The number of hydrogen-bond acceptors (Lipinski definition) is 5. The highest BCUT2D eigenvalue weighted by Gasteiger charge is 2.30. The zero-order valence-electron chi connectivity index (χ0n) is 13.2. The number of ether oxygens (including phenoxy) is 1. The van der Waals surface area contributed by atoms with Gasteiger partial charge in [-0.25, -0.2) is 0 Å². The molecule has 0 aliphatic heterocycles. The largest absolute Gasteiger partial charge is 0.484 e. The van der Waals surface area contributed by atoms with Crippen LogP contribution >= 0.6 is 0 Å². The second-order valence-electron chi connectivity index (χ2n) is 5.18. The number of nitrogens with zero attached hydrogens (tertiary/aromatic N) is 2. The SMILES string of the molecule is O=C(COc1cccc(C(F)(F)F)c1)Nc1ccc(-c2nnco2)cc1. The number of carbonyl (C=O) groups is 1. The van der Waals surface area contributed by atoms with Crippen LogP contribution in [0.25, 0.3) is 11.5 Å². The lowest BCUT2D eigenvalue weighted by Crippen LogP contribution is -2.20. The summed E-state index contributed by atoms with van der Waals surface area (Å²) in [5, 5.41) is 9.91.